The van der Waals surface area contributed by atoms with Crippen LogP contribution in [0.25, 0.3) is 6.20 Å². The van der Waals surface area contributed by atoms with Crippen molar-refractivity contribution in [1.82, 2.24) is 9.55 Å². The van der Waals surface area contributed by atoms with E-state index in [9.17, 15) is 5.11 Å². The van der Waals surface area contributed by atoms with Crippen molar-refractivity contribution in [2.24, 2.45) is 0 Å². The van der Waals surface area contributed by atoms with E-state index in [0.717, 1.165) is 25.9 Å². The summed E-state index contributed by atoms with van der Waals surface area (Å²) in [5.74, 6) is 0.748. The minimum atomic E-state index is -1.19. The molecule has 0 aliphatic heterocycles. The molecule has 0 radical (unpaired) electrons. The fraction of sp³-hybridized carbons (Fsp3) is 0.105. The van der Waals surface area contributed by atoms with Crippen LogP contribution in [-0.4, -0.2) is 14.7 Å². The third kappa shape index (κ3) is 3.38. The molecule has 3 rings (SSSR count). The molecule has 3 nitrogen and oxygen atoms in total. The van der Waals surface area contributed by atoms with E-state index in [4.69, 9.17) is 0 Å². The second-order valence-electron chi connectivity index (χ2n) is 5.48. The molecule has 0 aliphatic carbocycles. The van der Waals surface area contributed by atoms with E-state index < -0.39 is 5.60 Å². The lowest BCUT2D eigenvalue weighted by Crippen LogP contribution is -2.31. The van der Waals surface area contributed by atoms with Crippen LogP contribution in [0.1, 0.15) is 17.0 Å². The van der Waals surface area contributed by atoms with Crippen LogP contribution < -0.4 is 0 Å². The summed E-state index contributed by atoms with van der Waals surface area (Å²) in [4.78, 5) is 4.37. The number of aliphatic hydroxyl groups is 1. The summed E-state index contributed by atoms with van der Waals surface area (Å²) in [6, 6.07) is 15.4. The molecule has 0 spiro atoms. The molecule has 1 heterocycles. The van der Waals surface area contributed by atoms with Crippen LogP contribution in [0.5, 0.6) is 0 Å². The minimum absolute atomic E-state index is 0.343. The molecular formula is C19H16Br2N2O. The number of imidazole rings is 1. The molecule has 0 fully saturated rings. The fourth-order valence-electron chi connectivity index (χ4n) is 2.70. The van der Waals surface area contributed by atoms with Crippen molar-refractivity contribution in [3.05, 3.63) is 93.4 Å². The van der Waals surface area contributed by atoms with Gasteiger partial charge in [-0.25, -0.2) is 4.98 Å². The molecule has 0 saturated heterocycles. The summed E-state index contributed by atoms with van der Waals surface area (Å²) < 4.78 is 3.76. The predicted octanol–water partition coefficient (Wildman–Crippen LogP) is 4.99. The molecule has 1 N–H and O–H groups in total. The Morgan fingerprint density at radius 2 is 1.50 bits per heavy atom. The van der Waals surface area contributed by atoms with E-state index in [0.29, 0.717) is 6.42 Å². The van der Waals surface area contributed by atoms with Gasteiger partial charge in [0.05, 0.1) is 0 Å². The first-order chi connectivity index (χ1) is 11.5. The average Bonchev–Trinajstić information content (AvgIpc) is 3.02. The second-order valence-corrected chi connectivity index (χ2v) is 7.32. The van der Waals surface area contributed by atoms with Gasteiger partial charge in [-0.15, -0.1) is 0 Å². The van der Waals surface area contributed by atoms with Crippen LogP contribution in [0.4, 0.5) is 0 Å². The zero-order valence-electron chi connectivity index (χ0n) is 12.9. The van der Waals surface area contributed by atoms with Crippen LogP contribution in [0.2, 0.25) is 0 Å². The normalized spacial score (nSPS) is 11.5. The molecule has 5 heteroatoms. The number of benzene rings is 2. The van der Waals surface area contributed by atoms with Gasteiger partial charge >= 0.3 is 0 Å². The van der Waals surface area contributed by atoms with Crippen LogP contribution in [-0.2, 0) is 12.0 Å². The third-order valence-electron chi connectivity index (χ3n) is 4.00. The lowest BCUT2D eigenvalue weighted by Gasteiger charge is -2.29. The summed E-state index contributed by atoms with van der Waals surface area (Å²) in [5.41, 5.74) is 0.436. The molecule has 0 atom stereocenters. The largest absolute Gasteiger partial charge is 0.380 e. The molecule has 1 aromatic heterocycles. The number of rotatable bonds is 5. The van der Waals surface area contributed by atoms with Crippen molar-refractivity contribution in [3.8, 4) is 0 Å². The number of hydrogen-bond donors (Lipinski definition) is 1. The van der Waals surface area contributed by atoms with Crippen molar-refractivity contribution in [2.45, 2.75) is 12.0 Å². The van der Waals surface area contributed by atoms with Crippen molar-refractivity contribution in [3.63, 3.8) is 0 Å². The number of halogens is 2. The molecule has 0 unspecified atom stereocenters. The number of hydrogen-bond acceptors (Lipinski definition) is 2. The first-order valence-corrected chi connectivity index (χ1v) is 9.00. The smallest absolute Gasteiger partial charge is 0.122 e. The highest BCUT2D eigenvalue weighted by Crippen LogP contribution is 2.34. The first kappa shape index (κ1) is 17.1. The van der Waals surface area contributed by atoms with Crippen LogP contribution >= 0.6 is 31.9 Å². The zero-order valence-corrected chi connectivity index (χ0v) is 16.0. The van der Waals surface area contributed by atoms with Crippen LogP contribution in [0.15, 0.2) is 76.4 Å². The molecule has 0 aliphatic rings. The standard InChI is InChI=1S/C19H16Br2N2O/c1-2-23-12-11-22-18(23)13-19(24,14-3-7-16(20)8-4-14)15-5-9-17(21)10-6-15/h2-12,24H,1,13H2. The Hall–Kier alpha value is -1.69. The van der Waals surface area contributed by atoms with Gasteiger partial charge in [-0.1, -0.05) is 62.7 Å². The van der Waals surface area contributed by atoms with Gasteiger partial charge in [-0.3, -0.25) is 0 Å². The quantitative estimate of drug-likeness (QED) is 0.598. The van der Waals surface area contributed by atoms with E-state index in [1.165, 1.54) is 0 Å². The van der Waals surface area contributed by atoms with Crippen molar-refractivity contribution in [1.29, 1.82) is 0 Å². The molecule has 0 amide bonds. The maximum absolute atomic E-state index is 11.6. The Kier molecular flexibility index (Phi) is 5.04. The summed E-state index contributed by atoms with van der Waals surface area (Å²) in [6.07, 6.45) is 5.56. The maximum atomic E-state index is 11.6. The highest BCUT2D eigenvalue weighted by atomic mass is 79.9. The number of aromatic nitrogens is 2. The highest BCUT2D eigenvalue weighted by Gasteiger charge is 2.33. The lowest BCUT2D eigenvalue weighted by atomic mass is 9.83. The molecule has 24 heavy (non-hydrogen) atoms. The van der Waals surface area contributed by atoms with Crippen molar-refractivity contribution < 1.29 is 5.11 Å². The predicted molar refractivity (Wildman–Crippen MR) is 104 cm³/mol. The van der Waals surface area contributed by atoms with Gasteiger partial charge in [0.25, 0.3) is 0 Å². The Morgan fingerprint density at radius 3 is 1.96 bits per heavy atom. The van der Waals surface area contributed by atoms with Crippen molar-refractivity contribution in [2.75, 3.05) is 0 Å². The molecule has 3 aromatic rings. The van der Waals surface area contributed by atoms with E-state index in [1.807, 2.05) is 59.3 Å². The molecule has 2 aromatic carbocycles. The highest BCUT2D eigenvalue weighted by molar-refractivity contribution is 9.10. The van der Waals surface area contributed by atoms with Gasteiger partial charge in [0.1, 0.15) is 11.4 Å². The first-order valence-electron chi connectivity index (χ1n) is 7.41. The fourth-order valence-corrected chi connectivity index (χ4v) is 3.23. The summed E-state index contributed by atoms with van der Waals surface area (Å²) >= 11 is 6.89. The Balaban J connectivity index is 2.11. The zero-order chi connectivity index (χ0) is 17.2. The third-order valence-corrected chi connectivity index (χ3v) is 5.06. The van der Waals surface area contributed by atoms with Crippen molar-refractivity contribution >= 4 is 38.1 Å². The van der Waals surface area contributed by atoms with Gasteiger partial charge in [-0.05, 0) is 35.4 Å². The van der Waals surface area contributed by atoms with E-state index in [2.05, 4.69) is 43.4 Å². The lowest BCUT2D eigenvalue weighted by molar-refractivity contribution is 0.0786. The molecule has 0 saturated carbocycles. The van der Waals surface area contributed by atoms with Gasteiger partial charge in [0, 0.05) is 34.0 Å². The minimum Gasteiger partial charge on any atom is -0.380 e. The summed E-state index contributed by atoms with van der Waals surface area (Å²) in [7, 11) is 0. The SMILES string of the molecule is C=Cn1ccnc1CC(O)(c1ccc(Br)cc1)c1ccc(Br)cc1. The topological polar surface area (TPSA) is 38.0 Å². The van der Waals surface area contributed by atoms with Gasteiger partial charge in [-0.2, -0.15) is 0 Å². The monoisotopic (exact) mass is 446 g/mol. The van der Waals surface area contributed by atoms with Gasteiger partial charge < -0.3 is 9.67 Å². The summed E-state index contributed by atoms with van der Waals surface area (Å²) in [6.45, 7) is 3.79. The molecular weight excluding hydrogens is 432 g/mol. The number of nitrogens with zero attached hydrogens (tertiary/aromatic N) is 2. The van der Waals surface area contributed by atoms with E-state index in [-0.39, 0.29) is 0 Å². The second kappa shape index (κ2) is 7.05. The Bertz CT molecular complexity index is 793. The average molecular weight is 448 g/mol. The Labute approximate surface area is 157 Å². The molecule has 0 bridgehead atoms. The maximum Gasteiger partial charge on any atom is 0.122 e. The van der Waals surface area contributed by atoms with E-state index in [1.54, 1.807) is 12.4 Å². The Morgan fingerprint density at radius 1 is 1.00 bits per heavy atom. The van der Waals surface area contributed by atoms with Crippen LogP contribution in [0, 0.1) is 0 Å². The van der Waals surface area contributed by atoms with Crippen LogP contribution in [0.3, 0.4) is 0 Å². The molecule has 122 valence electrons. The van der Waals surface area contributed by atoms with E-state index >= 15 is 0 Å². The van der Waals surface area contributed by atoms with Gasteiger partial charge in [0.2, 0.25) is 0 Å². The van der Waals surface area contributed by atoms with Gasteiger partial charge in [0.15, 0.2) is 0 Å². The summed E-state index contributed by atoms with van der Waals surface area (Å²) in [5, 5.41) is 11.6.